The second kappa shape index (κ2) is 18.9. The van der Waals surface area contributed by atoms with Crippen molar-refractivity contribution in [3.63, 3.8) is 0 Å². The Morgan fingerprint density at radius 3 is 0.962 bits per heavy atom. The number of anilines is 6. The molecule has 78 heavy (non-hydrogen) atoms. The number of hydrogen-bond donors (Lipinski definition) is 0. The van der Waals surface area contributed by atoms with Crippen LogP contribution >= 0.6 is 0 Å². The van der Waals surface area contributed by atoms with Crippen molar-refractivity contribution in [1.82, 2.24) is 0 Å². The first-order chi connectivity index (χ1) is 37.7. The van der Waals surface area contributed by atoms with Gasteiger partial charge in [-0.05, 0) is 223 Å². The summed E-state index contributed by atoms with van der Waals surface area (Å²) in [5, 5.41) is 5.02. The van der Waals surface area contributed by atoms with E-state index in [9.17, 15) is 0 Å². The molecule has 11 aromatic carbocycles. The van der Waals surface area contributed by atoms with E-state index in [0.717, 1.165) is 11.4 Å². The largest absolute Gasteiger partial charge is 0.310 e. The van der Waals surface area contributed by atoms with Crippen molar-refractivity contribution in [1.29, 1.82) is 0 Å². The van der Waals surface area contributed by atoms with Gasteiger partial charge in [0.2, 0.25) is 0 Å². The molecule has 0 bridgehead atoms. The molecule has 2 aliphatic carbocycles. The van der Waals surface area contributed by atoms with Crippen LogP contribution in [0.15, 0.2) is 218 Å². The summed E-state index contributed by atoms with van der Waals surface area (Å²) >= 11 is 0. The van der Waals surface area contributed by atoms with E-state index in [-0.39, 0.29) is 10.8 Å². The van der Waals surface area contributed by atoms with E-state index < -0.39 is 0 Å². The quantitative estimate of drug-likeness (QED) is 0.0995. The van der Waals surface area contributed by atoms with Crippen LogP contribution in [-0.2, 0) is 10.8 Å². The average Bonchev–Trinajstić information content (AvgIpc) is 3.97. The zero-order valence-electron chi connectivity index (χ0n) is 46.0. The maximum absolute atomic E-state index is 2.42. The summed E-state index contributed by atoms with van der Waals surface area (Å²) in [6.45, 7) is 18.2. The van der Waals surface area contributed by atoms with Gasteiger partial charge in [-0.2, -0.15) is 0 Å². The van der Waals surface area contributed by atoms with Crippen LogP contribution in [0.2, 0.25) is 0 Å². The van der Waals surface area contributed by atoms with Crippen molar-refractivity contribution in [2.24, 2.45) is 0 Å². The van der Waals surface area contributed by atoms with Gasteiger partial charge in [0.25, 0.3) is 0 Å². The van der Waals surface area contributed by atoms with Crippen LogP contribution in [0.25, 0.3) is 68.1 Å². The number of aryl methyl sites for hydroxylation is 4. The molecule has 2 nitrogen and oxygen atoms in total. The number of nitrogens with zero attached hydrogens (tertiary/aromatic N) is 2. The molecule has 2 heteroatoms. The van der Waals surface area contributed by atoms with Gasteiger partial charge in [0, 0.05) is 45.0 Å². The lowest BCUT2D eigenvalue weighted by Crippen LogP contribution is -2.16. The first kappa shape index (κ1) is 48.6. The zero-order valence-corrected chi connectivity index (χ0v) is 46.0. The second-order valence-electron chi connectivity index (χ2n) is 23.0. The van der Waals surface area contributed by atoms with Gasteiger partial charge in [-0.15, -0.1) is 0 Å². The molecule has 0 atom stereocenters. The van der Waals surface area contributed by atoms with Crippen molar-refractivity contribution in [3.8, 4) is 22.3 Å². The monoisotopic (exact) mass is 1000 g/mol. The fourth-order valence-corrected chi connectivity index (χ4v) is 12.9. The number of hydrogen-bond acceptors (Lipinski definition) is 2. The molecule has 0 saturated carbocycles. The van der Waals surface area contributed by atoms with Crippen molar-refractivity contribution >= 4 is 80.0 Å². The van der Waals surface area contributed by atoms with Crippen molar-refractivity contribution in [3.05, 3.63) is 285 Å². The normalized spacial score (nSPS) is 13.7. The maximum atomic E-state index is 2.42. The van der Waals surface area contributed by atoms with E-state index in [1.54, 1.807) is 0 Å². The Balaban J connectivity index is 0.726. The third-order valence-corrected chi connectivity index (χ3v) is 16.7. The molecule has 378 valence electrons. The summed E-state index contributed by atoms with van der Waals surface area (Å²) in [7, 11) is 0. The van der Waals surface area contributed by atoms with Gasteiger partial charge in [-0.3, -0.25) is 0 Å². The predicted octanol–water partition coefficient (Wildman–Crippen LogP) is 21.1. The molecular formula is C76H64N2. The van der Waals surface area contributed by atoms with Crippen molar-refractivity contribution in [2.45, 2.75) is 66.2 Å². The van der Waals surface area contributed by atoms with Crippen molar-refractivity contribution in [2.75, 3.05) is 9.80 Å². The van der Waals surface area contributed by atoms with Gasteiger partial charge in [-0.25, -0.2) is 0 Å². The van der Waals surface area contributed by atoms with Gasteiger partial charge in [0.1, 0.15) is 0 Å². The highest BCUT2D eigenvalue weighted by molar-refractivity contribution is 6.08. The maximum Gasteiger partial charge on any atom is 0.0466 e. The molecule has 0 aliphatic heterocycles. The highest BCUT2D eigenvalue weighted by atomic mass is 15.1. The molecule has 0 N–H and O–H groups in total. The lowest BCUT2D eigenvalue weighted by Gasteiger charge is -2.28. The van der Waals surface area contributed by atoms with Crippen LogP contribution in [0.4, 0.5) is 34.1 Å². The van der Waals surface area contributed by atoms with E-state index >= 15 is 0 Å². The fraction of sp³-hybridized carbons (Fsp3) is 0.132. The molecular weight excluding hydrogens is 941 g/mol. The van der Waals surface area contributed by atoms with Crippen LogP contribution < -0.4 is 9.80 Å². The van der Waals surface area contributed by atoms with E-state index in [1.165, 1.54) is 133 Å². The van der Waals surface area contributed by atoms with Gasteiger partial charge in [-0.1, -0.05) is 185 Å². The Labute approximate surface area is 460 Å². The van der Waals surface area contributed by atoms with Crippen LogP contribution in [0.5, 0.6) is 0 Å². The fourth-order valence-electron chi connectivity index (χ4n) is 12.9. The Morgan fingerprint density at radius 2 is 0.590 bits per heavy atom. The van der Waals surface area contributed by atoms with Crippen LogP contribution in [0.3, 0.4) is 0 Å². The van der Waals surface area contributed by atoms with Gasteiger partial charge in [0.15, 0.2) is 0 Å². The number of para-hydroxylation sites is 2. The van der Waals surface area contributed by atoms with E-state index in [2.05, 4.69) is 308 Å². The number of rotatable bonds is 10. The number of benzene rings is 11. The van der Waals surface area contributed by atoms with Gasteiger partial charge >= 0.3 is 0 Å². The Bertz CT molecular complexity index is 3930. The smallest absolute Gasteiger partial charge is 0.0466 e. The third kappa shape index (κ3) is 8.63. The summed E-state index contributed by atoms with van der Waals surface area (Å²) < 4.78 is 0. The molecule has 0 aromatic heterocycles. The minimum absolute atomic E-state index is 0.165. The van der Waals surface area contributed by atoms with Gasteiger partial charge < -0.3 is 9.80 Å². The lowest BCUT2D eigenvalue weighted by atomic mass is 9.81. The number of fused-ring (bicyclic) bond motifs is 9. The summed E-state index contributed by atoms with van der Waals surface area (Å²) in [6.07, 6.45) is 9.06. The second-order valence-corrected chi connectivity index (χ2v) is 23.0. The molecule has 13 rings (SSSR count). The Morgan fingerprint density at radius 1 is 0.269 bits per heavy atom. The Hall–Kier alpha value is -8.98. The highest BCUT2D eigenvalue weighted by Gasteiger charge is 2.38. The Kier molecular flexibility index (Phi) is 11.8. The molecule has 2 aliphatic rings. The third-order valence-electron chi connectivity index (χ3n) is 16.7. The van der Waals surface area contributed by atoms with Crippen molar-refractivity contribution < 1.29 is 0 Å². The molecule has 0 radical (unpaired) electrons. The summed E-state index contributed by atoms with van der Waals surface area (Å²) in [5.41, 5.74) is 27.2. The van der Waals surface area contributed by atoms with Crippen LogP contribution in [0.1, 0.15) is 94.5 Å². The average molecular weight is 1010 g/mol. The molecule has 0 unspecified atom stereocenters. The predicted molar refractivity (Wildman–Crippen MR) is 336 cm³/mol. The highest BCUT2D eigenvalue weighted by Crippen LogP contribution is 2.53. The molecule has 0 saturated heterocycles. The van der Waals surface area contributed by atoms with E-state index in [4.69, 9.17) is 0 Å². The molecule has 11 aromatic rings. The zero-order chi connectivity index (χ0) is 53.5. The van der Waals surface area contributed by atoms with Crippen LogP contribution in [0, 0.1) is 27.7 Å². The molecule has 0 fully saturated rings. The molecule has 0 heterocycles. The SMILES string of the molecule is Cc1cc(C)cc(N(c2ccccc2)c2ccc3c(c2)C(C)(C)c2cc(C=Cc4ccc5c(ccc6cc(C=Cc7ccc8c(c7)C(C)(C)c7cc(N(c9ccccc9)c9cc(C)cc(C)c9)ccc7-8)ccc65)c4)ccc2-3)c1. The minimum atomic E-state index is -0.165. The topological polar surface area (TPSA) is 6.48 Å². The summed E-state index contributed by atoms with van der Waals surface area (Å²) in [4.78, 5) is 4.79. The first-order valence-corrected chi connectivity index (χ1v) is 27.5. The summed E-state index contributed by atoms with van der Waals surface area (Å²) in [5.74, 6) is 0. The van der Waals surface area contributed by atoms with Gasteiger partial charge in [0.05, 0.1) is 0 Å². The van der Waals surface area contributed by atoms with E-state index in [0.29, 0.717) is 0 Å². The van der Waals surface area contributed by atoms with E-state index in [1.807, 2.05) is 0 Å². The standard InChI is InChI=1S/C76H64N2/c1-49-37-50(2)40-63(39-49)77(59-15-11-9-12-16-59)61-29-35-69-67-33-25-55(45-71(67)75(5,6)73(69)47-61)21-19-53-23-31-65-57(43-53)27-28-58-44-54(24-32-66(58)65)20-22-56-26-34-68-70-36-30-62(48-74(70)76(7,8)72(68)46-56)78(60-17-13-10-14-18-60)64-41-51(3)38-52(4)42-64/h9-48H,1-8H3. The molecule has 0 amide bonds. The minimum Gasteiger partial charge on any atom is -0.310 e. The summed E-state index contributed by atoms with van der Waals surface area (Å²) in [6, 6.07) is 81.5. The lowest BCUT2D eigenvalue weighted by molar-refractivity contribution is 0.660. The first-order valence-electron chi connectivity index (χ1n) is 27.5. The van der Waals surface area contributed by atoms with Crippen LogP contribution in [-0.4, -0.2) is 0 Å². The molecule has 0 spiro atoms.